The average molecular weight is 214 g/mol. The molecule has 1 amide bonds. The Kier molecular flexibility index (Phi) is 6.17. The van der Waals surface area contributed by atoms with Crippen molar-refractivity contribution in [2.24, 2.45) is 5.92 Å². The highest BCUT2D eigenvalue weighted by atomic mass is 16.2. The summed E-state index contributed by atoms with van der Waals surface area (Å²) in [6.07, 6.45) is 0.881. The Balaban J connectivity index is 4.29. The highest BCUT2D eigenvalue weighted by molar-refractivity contribution is 5.88. The maximum absolute atomic E-state index is 11.5. The standard InChI is InChI=1S/C11H22N2O2/c1-6-8(2)11(9(3)14)12-10(15)7-13(4)5/h8,11H,6-7H2,1-5H3,(H,12,15)/t8-,11?/m0/s1. The van der Waals surface area contributed by atoms with E-state index in [0.29, 0.717) is 6.54 Å². The minimum Gasteiger partial charge on any atom is -0.345 e. The number of carbonyl (C=O) groups is 2. The third kappa shape index (κ3) is 5.52. The Bertz CT molecular complexity index is 227. The number of amides is 1. The van der Waals surface area contributed by atoms with Gasteiger partial charge in [0.1, 0.15) is 0 Å². The van der Waals surface area contributed by atoms with Gasteiger partial charge in [0.2, 0.25) is 5.91 Å². The summed E-state index contributed by atoms with van der Waals surface area (Å²) in [6, 6.07) is -0.345. The topological polar surface area (TPSA) is 49.4 Å². The van der Waals surface area contributed by atoms with Crippen molar-refractivity contribution in [1.82, 2.24) is 10.2 Å². The lowest BCUT2D eigenvalue weighted by Gasteiger charge is -2.22. The third-order valence-corrected chi connectivity index (χ3v) is 2.43. The summed E-state index contributed by atoms with van der Waals surface area (Å²) in [4.78, 5) is 24.6. The summed E-state index contributed by atoms with van der Waals surface area (Å²) in [5.41, 5.74) is 0. The van der Waals surface area contributed by atoms with Gasteiger partial charge in [-0.2, -0.15) is 0 Å². The molecule has 0 saturated carbocycles. The number of hydrogen-bond donors (Lipinski definition) is 1. The summed E-state index contributed by atoms with van der Waals surface area (Å²) in [5.74, 6) is 0.116. The van der Waals surface area contributed by atoms with Crippen molar-refractivity contribution in [3.63, 3.8) is 0 Å². The molecule has 0 bridgehead atoms. The molecular weight excluding hydrogens is 192 g/mol. The van der Waals surface area contributed by atoms with Gasteiger partial charge in [-0.25, -0.2) is 0 Å². The first kappa shape index (κ1) is 14.1. The maximum atomic E-state index is 11.5. The minimum absolute atomic E-state index is 0.0245. The van der Waals surface area contributed by atoms with Crippen molar-refractivity contribution in [3.8, 4) is 0 Å². The highest BCUT2D eigenvalue weighted by Gasteiger charge is 2.22. The summed E-state index contributed by atoms with van der Waals surface area (Å²) in [5, 5.41) is 2.77. The van der Waals surface area contributed by atoms with Gasteiger partial charge in [-0.3, -0.25) is 9.59 Å². The normalized spacial score (nSPS) is 14.8. The van der Waals surface area contributed by atoms with Gasteiger partial charge in [0.15, 0.2) is 5.78 Å². The van der Waals surface area contributed by atoms with Gasteiger partial charge in [-0.05, 0) is 26.9 Å². The lowest BCUT2D eigenvalue weighted by molar-refractivity contribution is -0.128. The van der Waals surface area contributed by atoms with Crippen LogP contribution in [0, 0.1) is 5.92 Å². The van der Waals surface area contributed by atoms with Crippen LogP contribution in [0.25, 0.3) is 0 Å². The molecule has 2 atom stereocenters. The van der Waals surface area contributed by atoms with Crippen molar-refractivity contribution >= 4 is 11.7 Å². The van der Waals surface area contributed by atoms with Crippen molar-refractivity contribution in [3.05, 3.63) is 0 Å². The van der Waals surface area contributed by atoms with Crippen molar-refractivity contribution < 1.29 is 9.59 Å². The molecule has 0 aromatic rings. The zero-order valence-electron chi connectivity index (χ0n) is 10.3. The summed E-state index contributed by atoms with van der Waals surface area (Å²) in [6.45, 7) is 5.83. The fourth-order valence-corrected chi connectivity index (χ4v) is 1.39. The molecule has 1 unspecified atom stereocenters. The molecule has 15 heavy (non-hydrogen) atoms. The Labute approximate surface area is 92.0 Å². The largest absolute Gasteiger partial charge is 0.345 e. The molecule has 0 heterocycles. The summed E-state index contributed by atoms with van der Waals surface area (Å²) in [7, 11) is 3.65. The molecule has 0 fully saturated rings. The molecule has 0 aliphatic carbocycles. The van der Waals surface area contributed by atoms with Crippen LogP contribution < -0.4 is 5.32 Å². The predicted octanol–water partition coefficient (Wildman–Crippen LogP) is 0.668. The van der Waals surface area contributed by atoms with E-state index in [4.69, 9.17) is 0 Å². The van der Waals surface area contributed by atoms with Crippen molar-refractivity contribution in [2.75, 3.05) is 20.6 Å². The van der Waals surface area contributed by atoms with Crippen LogP contribution in [0.1, 0.15) is 27.2 Å². The van der Waals surface area contributed by atoms with Crippen LogP contribution in [0.4, 0.5) is 0 Å². The van der Waals surface area contributed by atoms with E-state index in [-0.39, 0.29) is 23.7 Å². The van der Waals surface area contributed by atoms with E-state index < -0.39 is 0 Å². The van der Waals surface area contributed by atoms with Gasteiger partial charge in [-0.1, -0.05) is 20.3 Å². The Morgan fingerprint density at radius 1 is 1.33 bits per heavy atom. The number of nitrogens with one attached hydrogen (secondary N) is 1. The molecule has 0 aromatic carbocycles. The second-order valence-corrected chi connectivity index (χ2v) is 4.28. The van der Waals surface area contributed by atoms with Crippen molar-refractivity contribution in [1.29, 1.82) is 0 Å². The molecule has 0 spiro atoms. The van der Waals surface area contributed by atoms with E-state index in [1.165, 1.54) is 6.92 Å². The second kappa shape index (κ2) is 6.56. The minimum atomic E-state index is -0.345. The quantitative estimate of drug-likeness (QED) is 0.707. The first-order chi connectivity index (χ1) is 6.88. The zero-order valence-corrected chi connectivity index (χ0v) is 10.3. The fraction of sp³-hybridized carbons (Fsp3) is 0.818. The van der Waals surface area contributed by atoms with E-state index in [1.807, 2.05) is 27.9 Å². The van der Waals surface area contributed by atoms with Crippen LogP contribution in [0.15, 0.2) is 0 Å². The molecular formula is C11H22N2O2. The Morgan fingerprint density at radius 2 is 1.87 bits per heavy atom. The predicted molar refractivity (Wildman–Crippen MR) is 60.6 cm³/mol. The average Bonchev–Trinajstić information content (AvgIpc) is 2.11. The molecule has 4 nitrogen and oxygen atoms in total. The number of ketones is 1. The molecule has 0 aromatic heterocycles. The van der Waals surface area contributed by atoms with Crippen LogP contribution in [-0.2, 0) is 9.59 Å². The number of Topliss-reactive ketones (excluding diaryl/α,β-unsaturated/α-hetero) is 1. The van der Waals surface area contributed by atoms with E-state index in [2.05, 4.69) is 5.32 Å². The lowest BCUT2D eigenvalue weighted by Crippen LogP contribution is -2.46. The molecule has 0 rings (SSSR count). The first-order valence-electron chi connectivity index (χ1n) is 5.33. The summed E-state index contributed by atoms with van der Waals surface area (Å²) < 4.78 is 0. The Hall–Kier alpha value is -0.900. The zero-order chi connectivity index (χ0) is 12.0. The first-order valence-corrected chi connectivity index (χ1v) is 5.33. The lowest BCUT2D eigenvalue weighted by atomic mass is 9.96. The molecule has 0 saturated heterocycles. The molecule has 4 heteroatoms. The fourth-order valence-electron chi connectivity index (χ4n) is 1.39. The van der Waals surface area contributed by atoms with Gasteiger partial charge in [0.25, 0.3) is 0 Å². The van der Waals surface area contributed by atoms with E-state index in [0.717, 1.165) is 6.42 Å². The molecule has 0 aliphatic rings. The van der Waals surface area contributed by atoms with Crippen LogP contribution in [0.2, 0.25) is 0 Å². The summed E-state index contributed by atoms with van der Waals surface area (Å²) >= 11 is 0. The molecule has 1 N–H and O–H groups in total. The SMILES string of the molecule is CC[C@H](C)C(NC(=O)CN(C)C)C(C)=O. The second-order valence-electron chi connectivity index (χ2n) is 4.28. The van der Waals surface area contributed by atoms with Gasteiger partial charge in [0, 0.05) is 0 Å². The van der Waals surface area contributed by atoms with Gasteiger partial charge in [0.05, 0.1) is 12.6 Å². The number of hydrogen-bond acceptors (Lipinski definition) is 3. The maximum Gasteiger partial charge on any atom is 0.234 e. The van der Waals surface area contributed by atoms with Gasteiger partial charge >= 0.3 is 0 Å². The molecule has 88 valence electrons. The number of nitrogens with zero attached hydrogens (tertiary/aromatic N) is 1. The Morgan fingerprint density at radius 3 is 2.20 bits per heavy atom. The van der Waals surface area contributed by atoms with E-state index in [1.54, 1.807) is 4.90 Å². The van der Waals surface area contributed by atoms with Crippen molar-refractivity contribution in [2.45, 2.75) is 33.2 Å². The van der Waals surface area contributed by atoms with Crippen LogP contribution in [0.5, 0.6) is 0 Å². The number of likely N-dealkylation sites (N-methyl/N-ethyl adjacent to an activating group) is 1. The molecule has 0 radical (unpaired) electrons. The van der Waals surface area contributed by atoms with Gasteiger partial charge in [-0.15, -0.1) is 0 Å². The smallest absolute Gasteiger partial charge is 0.234 e. The monoisotopic (exact) mass is 214 g/mol. The number of rotatable bonds is 6. The molecule has 0 aliphatic heterocycles. The highest BCUT2D eigenvalue weighted by Crippen LogP contribution is 2.08. The van der Waals surface area contributed by atoms with Crippen LogP contribution >= 0.6 is 0 Å². The van der Waals surface area contributed by atoms with E-state index >= 15 is 0 Å². The van der Waals surface area contributed by atoms with Gasteiger partial charge < -0.3 is 10.2 Å². The van der Waals surface area contributed by atoms with Crippen LogP contribution in [0.3, 0.4) is 0 Å². The third-order valence-electron chi connectivity index (χ3n) is 2.43. The van der Waals surface area contributed by atoms with E-state index in [9.17, 15) is 9.59 Å². The number of carbonyl (C=O) groups excluding carboxylic acids is 2. The van der Waals surface area contributed by atoms with Crippen LogP contribution in [-0.4, -0.2) is 43.3 Å².